The van der Waals surface area contributed by atoms with Crippen molar-refractivity contribution in [2.24, 2.45) is 4.99 Å². The summed E-state index contributed by atoms with van der Waals surface area (Å²) >= 11 is 0. The number of hydrogen-bond donors (Lipinski definition) is 2. The van der Waals surface area contributed by atoms with E-state index in [0.29, 0.717) is 48.7 Å². The first-order valence-electron chi connectivity index (χ1n) is 9.80. The van der Waals surface area contributed by atoms with E-state index in [-0.39, 0.29) is 5.82 Å². The zero-order valence-corrected chi connectivity index (χ0v) is 18.0. The second kappa shape index (κ2) is 12.4. The molecular weight excluding hydrogens is 389 g/mol. The number of methoxy groups -OCH3 is 3. The van der Waals surface area contributed by atoms with Crippen molar-refractivity contribution in [3.8, 4) is 23.0 Å². The van der Waals surface area contributed by atoms with E-state index in [1.807, 2.05) is 19.1 Å². The van der Waals surface area contributed by atoms with Gasteiger partial charge in [0.1, 0.15) is 11.6 Å². The Hall–Kier alpha value is -3.16. The fourth-order valence-corrected chi connectivity index (χ4v) is 2.74. The molecule has 0 aliphatic rings. The Balaban J connectivity index is 1.89. The molecule has 0 heterocycles. The monoisotopic (exact) mass is 419 g/mol. The molecule has 0 aliphatic heterocycles. The number of benzene rings is 2. The van der Waals surface area contributed by atoms with Gasteiger partial charge in [0.2, 0.25) is 5.75 Å². The normalized spacial score (nSPS) is 11.0. The Bertz CT molecular complexity index is 788. The molecule has 0 aromatic heterocycles. The van der Waals surface area contributed by atoms with Gasteiger partial charge in [0.25, 0.3) is 0 Å². The van der Waals surface area contributed by atoms with Crippen LogP contribution in [-0.2, 0) is 6.54 Å². The minimum absolute atomic E-state index is 0.275. The van der Waals surface area contributed by atoms with E-state index < -0.39 is 0 Å². The zero-order chi connectivity index (χ0) is 21.8. The van der Waals surface area contributed by atoms with Gasteiger partial charge >= 0.3 is 0 Å². The summed E-state index contributed by atoms with van der Waals surface area (Å²) in [5.41, 5.74) is 0.932. The Morgan fingerprint density at radius 3 is 2.20 bits per heavy atom. The summed E-state index contributed by atoms with van der Waals surface area (Å²) in [6, 6.07) is 9.76. The highest BCUT2D eigenvalue weighted by atomic mass is 19.1. The van der Waals surface area contributed by atoms with E-state index in [1.54, 1.807) is 33.5 Å². The summed E-state index contributed by atoms with van der Waals surface area (Å²) < 4.78 is 34.6. The molecule has 0 atom stereocenters. The van der Waals surface area contributed by atoms with Crippen molar-refractivity contribution in [1.82, 2.24) is 10.6 Å². The summed E-state index contributed by atoms with van der Waals surface area (Å²) in [5.74, 6) is 2.82. The van der Waals surface area contributed by atoms with Gasteiger partial charge in [0, 0.05) is 13.1 Å². The van der Waals surface area contributed by atoms with Gasteiger partial charge in [-0.3, -0.25) is 0 Å². The molecule has 8 heteroatoms. The third kappa shape index (κ3) is 7.02. The van der Waals surface area contributed by atoms with Gasteiger partial charge in [-0.1, -0.05) is 0 Å². The maximum atomic E-state index is 12.9. The summed E-state index contributed by atoms with van der Waals surface area (Å²) in [6.45, 7) is 4.40. The number of aliphatic imine (C=N–C) groups is 1. The number of guanidine groups is 1. The smallest absolute Gasteiger partial charge is 0.203 e. The molecule has 7 nitrogen and oxygen atoms in total. The number of halogens is 1. The third-order valence-corrected chi connectivity index (χ3v) is 4.18. The van der Waals surface area contributed by atoms with Crippen LogP contribution >= 0.6 is 0 Å². The van der Waals surface area contributed by atoms with Gasteiger partial charge in [0.05, 0.1) is 34.5 Å². The van der Waals surface area contributed by atoms with Gasteiger partial charge < -0.3 is 29.6 Å². The van der Waals surface area contributed by atoms with Gasteiger partial charge in [-0.25, -0.2) is 9.38 Å². The van der Waals surface area contributed by atoms with Gasteiger partial charge in [-0.2, -0.15) is 0 Å². The SMILES string of the molecule is CCNC(=NCc1cc(OC)c(OC)c(OC)c1)NCCCOc1ccc(F)cc1. The number of rotatable bonds is 11. The highest BCUT2D eigenvalue weighted by Gasteiger charge is 2.13. The van der Waals surface area contributed by atoms with Crippen LogP contribution in [-0.4, -0.2) is 47.0 Å². The molecule has 164 valence electrons. The molecular formula is C22H30FN3O4. The van der Waals surface area contributed by atoms with Crippen molar-refractivity contribution in [2.75, 3.05) is 41.0 Å². The van der Waals surface area contributed by atoms with Crippen LogP contribution in [0, 0.1) is 5.82 Å². The lowest BCUT2D eigenvalue weighted by Crippen LogP contribution is -2.38. The third-order valence-electron chi connectivity index (χ3n) is 4.18. The molecule has 0 aliphatic carbocycles. The highest BCUT2D eigenvalue weighted by molar-refractivity contribution is 5.79. The van der Waals surface area contributed by atoms with Crippen LogP contribution in [0.1, 0.15) is 18.9 Å². The average Bonchev–Trinajstić information content (AvgIpc) is 2.77. The van der Waals surface area contributed by atoms with Crippen LogP contribution in [0.2, 0.25) is 0 Å². The average molecular weight is 419 g/mol. The maximum Gasteiger partial charge on any atom is 0.203 e. The summed E-state index contributed by atoms with van der Waals surface area (Å²) in [5, 5.41) is 6.49. The molecule has 2 rings (SSSR count). The zero-order valence-electron chi connectivity index (χ0n) is 18.0. The largest absolute Gasteiger partial charge is 0.494 e. The van der Waals surface area contributed by atoms with E-state index in [0.717, 1.165) is 18.5 Å². The van der Waals surface area contributed by atoms with Crippen LogP contribution in [0.3, 0.4) is 0 Å². The first-order valence-corrected chi connectivity index (χ1v) is 9.80. The molecule has 2 aromatic carbocycles. The number of ether oxygens (including phenoxy) is 4. The van der Waals surface area contributed by atoms with E-state index in [9.17, 15) is 4.39 Å². The fraction of sp³-hybridized carbons (Fsp3) is 0.409. The van der Waals surface area contributed by atoms with E-state index in [2.05, 4.69) is 15.6 Å². The van der Waals surface area contributed by atoms with Crippen molar-refractivity contribution in [2.45, 2.75) is 19.9 Å². The van der Waals surface area contributed by atoms with Crippen LogP contribution in [0.5, 0.6) is 23.0 Å². The molecule has 0 saturated heterocycles. The molecule has 0 bridgehead atoms. The summed E-state index contributed by atoms with van der Waals surface area (Å²) in [7, 11) is 4.75. The summed E-state index contributed by atoms with van der Waals surface area (Å²) in [6.07, 6.45) is 0.770. The molecule has 2 aromatic rings. The molecule has 0 saturated carbocycles. The lowest BCUT2D eigenvalue weighted by molar-refractivity contribution is 0.310. The van der Waals surface area contributed by atoms with Crippen LogP contribution in [0.4, 0.5) is 4.39 Å². The van der Waals surface area contributed by atoms with Crippen molar-refractivity contribution in [3.63, 3.8) is 0 Å². The predicted octanol–water partition coefficient (Wildman–Crippen LogP) is 3.38. The van der Waals surface area contributed by atoms with Crippen molar-refractivity contribution in [1.29, 1.82) is 0 Å². The van der Waals surface area contributed by atoms with Crippen LogP contribution < -0.4 is 29.6 Å². The van der Waals surface area contributed by atoms with E-state index in [4.69, 9.17) is 18.9 Å². The molecule has 0 radical (unpaired) electrons. The second-order valence-electron chi connectivity index (χ2n) is 6.31. The molecule has 0 fully saturated rings. The standard InChI is InChI=1S/C22H30FN3O4/c1-5-24-22(25-11-6-12-30-18-9-7-17(23)8-10-18)26-15-16-13-19(27-2)21(29-4)20(14-16)28-3/h7-10,13-14H,5-6,11-12,15H2,1-4H3,(H2,24,25,26). The lowest BCUT2D eigenvalue weighted by Gasteiger charge is -2.14. The van der Waals surface area contributed by atoms with Crippen LogP contribution in [0.15, 0.2) is 41.4 Å². The molecule has 0 amide bonds. The predicted molar refractivity (Wildman–Crippen MR) is 115 cm³/mol. The Labute approximate surface area is 177 Å². The quantitative estimate of drug-likeness (QED) is 0.331. The number of nitrogens with one attached hydrogen (secondary N) is 2. The van der Waals surface area contributed by atoms with E-state index in [1.165, 1.54) is 12.1 Å². The van der Waals surface area contributed by atoms with Crippen molar-refractivity contribution >= 4 is 5.96 Å². The summed E-state index contributed by atoms with van der Waals surface area (Å²) in [4.78, 5) is 4.62. The van der Waals surface area contributed by atoms with Gasteiger partial charge in [-0.15, -0.1) is 0 Å². The molecule has 30 heavy (non-hydrogen) atoms. The maximum absolute atomic E-state index is 12.9. The number of nitrogens with zero attached hydrogens (tertiary/aromatic N) is 1. The topological polar surface area (TPSA) is 73.3 Å². The van der Waals surface area contributed by atoms with Crippen molar-refractivity contribution in [3.05, 3.63) is 47.8 Å². The fourth-order valence-electron chi connectivity index (χ4n) is 2.74. The molecule has 2 N–H and O–H groups in total. The lowest BCUT2D eigenvalue weighted by atomic mass is 10.2. The van der Waals surface area contributed by atoms with Crippen molar-refractivity contribution < 1.29 is 23.3 Å². The Morgan fingerprint density at radius 2 is 1.63 bits per heavy atom. The highest BCUT2D eigenvalue weighted by Crippen LogP contribution is 2.38. The van der Waals surface area contributed by atoms with Gasteiger partial charge in [-0.05, 0) is 55.3 Å². The van der Waals surface area contributed by atoms with Gasteiger partial charge in [0.15, 0.2) is 17.5 Å². The molecule has 0 spiro atoms. The van der Waals surface area contributed by atoms with Crippen LogP contribution in [0.25, 0.3) is 0 Å². The number of hydrogen-bond acceptors (Lipinski definition) is 5. The Kier molecular flexibility index (Phi) is 9.57. The minimum atomic E-state index is -0.275. The minimum Gasteiger partial charge on any atom is -0.494 e. The van der Waals surface area contributed by atoms with E-state index >= 15 is 0 Å². The Morgan fingerprint density at radius 1 is 0.967 bits per heavy atom. The first-order chi connectivity index (χ1) is 14.6. The first kappa shape index (κ1) is 23.1. The molecule has 0 unspecified atom stereocenters. The second-order valence-corrected chi connectivity index (χ2v) is 6.31.